The van der Waals surface area contributed by atoms with Gasteiger partial charge < -0.3 is 15.4 Å². The van der Waals surface area contributed by atoms with Crippen molar-refractivity contribution < 1.29 is 22.3 Å². The molecule has 3 N–H and O–H groups in total. The normalized spacial score (nSPS) is 17.6. The van der Waals surface area contributed by atoms with Gasteiger partial charge in [-0.1, -0.05) is 33.8 Å². The standard InChI is InChI=1S/C30H37FN4O4S/c1-5-30(4)12-7-13-35(19-30)28-26(29(36)34-40(37,38)25-9-6-8-23(32)17-25)10-11-27(33-28)21-14-22(31)16-24(15-21)39-18-20(2)3/h6,8-11,14-17,20H,5,7,12-13,18-19,32H2,1-4H3,(H,34,36). The van der Waals surface area contributed by atoms with Gasteiger partial charge in [-0.3, -0.25) is 4.79 Å². The highest BCUT2D eigenvalue weighted by Crippen LogP contribution is 2.36. The molecule has 2 heterocycles. The van der Waals surface area contributed by atoms with Gasteiger partial charge in [-0.05, 0) is 73.1 Å². The first-order valence-electron chi connectivity index (χ1n) is 13.5. The van der Waals surface area contributed by atoms with Gasteiger partial charge in [-0.15, -0.1) is 0 Å². The molecule has 8 nitrogen and oxygen atoms in total. The van der Waals surface area contributed by atoms with E-state index in [1.54, 1.807) is 24.3 Å². The van der Waals surface area contributed by atoms with E-state index < -0.39 is 21.7 Å². The zero-order valence-corrected chi connectivity index (χ0v) is 24.2. The minimum atomic E-state index is -4.18. The Morgan fingerprint density at radius 3 is 2.67 bits per heavy atom. The van der Waals surface area contributed by atoms with Crippen LogP contribution in [-0.2, 0) is 10.0 Å². The van der Waals surface area contributed by atoms with Crippen LogP contribution >= 0.6 is 0 Å². The molecule has 0 bridgehead atoms. The Labute approximate surface area is 235 Å². The van der Waals surface area contributed by atoms with Crippen LogP contribution in [-0.4, -0.2) is 39.0 Å². The van der Waals surface area contributed by atoms with Crippen LogP contribution in [0.3, 0.4) is 0 Å². The summed E-state index contributed by atoms with van der Waals surface area (Å²) in [6, 6.07) is 13.3. The smallest absolute Gasteiger partial charge is 0.268 e. The molecule has 0 aliphatic carbocycles. The molecule has 1 aliphatic rings. The summed E-state index contributed by atoms with van der Waals surface area (Å²) in [5, 5.41) is 0. The van der Waals surface area contributed by atoms with Gasteiger partial charge in [0, 0.05) is 30.4 Å². The zero-order valence-electron chi connectivity index (χ0n) is 23.4. The van der Waals surface area contributed by atoms with E-state index in [4.69, 9.17) is 15.5 Å². The van der Waals surface area contributed by atoms with Gasteiger partial charge in [0.15, 0.2) is 0 Å². The van der Waals surface area contributed by atoms with Gasteiger partial charge in [-0.25, -0.2) is 22.5 Å². The van der Waals surface area contributed by atoms with Crippen molar-refractivity contribution >= 4 is 27.4 Å². The highest BCUT2D eigenvalue weighted by molar-refractivity contribution is 7.90. The first kappa shape index (κ1) is 29.3. The number of ether oxygens (including phenoxy) is 1. The number of rotatable bonds is 9. The molecule has 2 aromatic carbocycles. The number of carbonyl (C=O) groups is 1. The van der Waals surface area contributed by atoms with Crippen molar-refractivity contribution in [2.75, 3.05) is 30.3 Å². The number of nitrogens with zero attached hydrogens (tertiary/aromatic N) is 2. The molecule has 1 amide bonds. The maximum absolute atomic E-state index is 14.6. The number of benzene rings is 2. The largest absolute Gasteiger partial charge is 0.493 e. The first-order valence-corrected chi connectivity index (χ1v) is 15.0. The number of nitrogen functional groups attached to an aromatic ring is 1. The summed E-state index contributed by atoms with van der Waals surface area (Å²) < 4.78 is 48.5. The summed E-state index contributed by atoms with van der Waals surface area (Å²) in [6.45, 7) is 10.1. The summed E-state index contributed by atoms with van der Waals surface area (Å²) in [6.07, 6.45) is 2.87. The molecule has 40 heavy (non-hydrogen) atoms. The number of pyridine rings is 1. The molecule has 0 spiro atoms. The van der Waals surface area contributed by atoms with Gasteiger partial charge in [0.05, 0.1) is 22.8 Å². The second-order valence-electron chi connectivity index (χ2n) is 11.1. The van der Waals surface area contributed by atoms with Crippen LogP contribution in [0.25, 0.3) is 11.3 Å². The minimum absolute atomic E-state index is 0.00797. The van der Waals surface area contributed by atoms with Crippen LogP contribution in [0.15, 0.2) is 59.5 Å². The van der Waals surface area contributed by atoms with Gasteiger partial charge in [0.25, 0.3) is 15.9 Å². The number of hydrogen-bond acceptors (Lipinski definition) is 7. The molecular formula is C30H37FN4O4S. The van der Waals surface area contributed by atoms with E-state index in [9.17, 15) is 17.6 Å². The third kappa shape index (κ3) is 6.91. The van der Waals surface area contributed by atoms with Crippen molar-refractivity contribution in [3.05, 3.63) is 66.0 Å². The van der Waals surface area contributed by atoms with Crippen LogP contribution in [0.1, 0.15) is 57.3 Å². The lowest BCUT2D eigenvalue weighted by Crippen LogP contribution is -2.43. The highest BCUT2D eigenvalue weighted by atomic mass is 32.2. The third-order valence-corrected chi connectivity index (χ3v) is 8.53. The lowest BCUT2D eigenvalue weighted by atomic mass is 9.79. The number of hydrogen-bond donors (Lipinski definition) is 2. The second kappa shape index (κ2) is 11.8. The molecule has 1 aliphatic heterocycles. The van der Waals surface area contributed by atoms with E-state index in [0.29, 0.717) is 42.5 Å². The Morgan fingerprint density at radius 1 is 1.20 bits per heavy atom. The molecule has 1 aromatic heterocycles. The van der Waals surface area contributed by atoms with Crippen LogP contribution in [0.2, 0.25) is 0 Å². The van der Waals surface area contributed by atoms with Crippen LogP contribution in [0, 0.1) is 17.2 Å². The monoisotopic (exact) mass is 568 g/mol. The van der Waals surface area contributed by atoms with Crippen LogP contribution in [0.4, 0.5) is 15.9 Å². The lowest BCUT2D eigenvalue weighted by Gasteiger charge is -2.41. The number of amides is 1. The molecule has 0 radical (unpaired) electrons. The van der Waals surface area contributed by atoms with Gasteiger partial charge >= 0.3 is 0 Å². The van der Waals surface area contributed by atoms with E-state index in [2.05, 4.69) is 18.6 Å². The van der Waals surface area contributed by atoms with Gasteiger partial charge in [-0.2, -0.15) is 0 Å². The number of sulfonamides is 1. The van der Waals surface area contributed by atoms with E-state index in [-0.39, 0.29) is 27.5 Å². The van der Waals surface area contributed by atoms with Gasteiger partial charge in [0.2, 0.25) is 0 Å². The highest BCUT2D eigenvalue weighted by Gasteiger charge is 2.32. The Balaban J connectivity index is 1.75. The summed E-state index contributed by atoms with van der Waals surface area (Å²) in [5.41, 5.74) is 7.08. The fourth-order valence-corrected chi connectivity index (χ4v) is 5.81. The summed E-state index contributed by atoms with van der Waals surface area (Å²) >= 11 is 0. The molecule has 1 unspecified atom stereocenters. The number of halogens is 1. The van der Waals surface area contributed by atoms with E-state index in [0.717, 1.165) is 19.3 Å². The predicted molar refractivity (Wildman–Crippen MR) is 155 cm³/mol. The van der Waals surface area contributed by atoms with Crippen LogP contribution in [0.5, 0.6) is 5.75 Å². The number of anilines is 2. The number of aromatic nitrogens is 1. The van der Waals surface area contributed by atoms with Crippen molar-refractivity contribution in [3.8, 4) is 17.0 Å². The SMILES string of the molecule is CCC1(C)CCCN(c2nc(-c3cc(F)cc(OCC(C)C)c3)ccc2C(=O)NS(=O)(=O)c2cccc(N)c2)C1. The molecule has 0 saturated carbocycles. The molecule has 1 fully saturated rings. The van der Waals surface area contributed by atoms with E-state index >= 15 is 0 Å². The zero-order chi connectivity index (χ0) is 29.1. The van der Waals surface area contributed by atoms with E-state index in [1.807, 2.05) is 18.7 Å². The Bertz CT molecular complexity index is 1490. The number of nitrogens with two attached hydrogens (primary N) is 1. The minimum Gasteiger partial charge on any atom is -0.493 e. The first-order chi connectivity index (χ1) is 18.9. The maximum atomic E-state index is 14.6. The van der Waals surface area contributed by atoms with Crippen LogP contribution < -0.4 is 20.1 Å². The van der Waals surface area contributed by atoms with Gasteiger partial charge in [0.1, 0.15) is 17.4 Å². The quantitative estimate of drug-likeness (QED) is 0.321. The Hall–Kier alpha value is -3.66. The van der Waals surface area contributed by atoms with Crippen molar-refractivity contribution in [1.29, 1.82) is 0 Å². The summed E-state index contributed by atoms with van der Waals surface area (Å²) in [5.74, 6) is -0.263. The molecule has 4 rings (SSSR count). The third-order valence-electron chi connectivity index (χ3n) is 7.20. The predicted octanol–water partition coefficient (Wildman–Crippen LogP) is 5.64. The topological polar surface area (TPSA) is 115 Å². The lowest BCUT2D eigenvalue weighted by molar-refractivity contribution is 0.0981. The number of piperidine rings is 1. The Kier molecular flexibility index (Phi) is 8.68. The number of nitrogens with one attached hydrogen (secondary N) is 1. The molecule has 214 valence electrons. The fraction of sp³-hybridized carbons (Fsp3) is 0.400. The van der Waals surface area contributed by atoms with Crippen molar-refractivity contribution in [3.63, 3.8) is 0 Å². The molecular weight excluding hydrogens is 531 g/mol. The Morgan fingerprint density at radius 2 is 1.98 bits per heavy atom. The molecule has 3 aromatic rings. The fourth-order valence-electron chi connectivity index (χ4n) is 4.79. The van der Waals surface area contributed by atoms with Crippen molar-refractivity contribution in [2.24, 2.45) is 11.3 Å². The average Bonchev–Trinajstić information content (AvgIpc) is 2.91. The van der Waals surface area contributed by atoms with Crippen molar-refractivity contribution in [2.45, 2.75) is 51.9 Å². The van der Waals surface area contributed by atoms with E-state index in [1.165, 1.54) is 30.3 Å². The number of carbonyl (C=O) groups excluding carboxylic acids is 1. The molecule has 1 saturated heterocycles. The summed E-state index contributed by atoms with van der Waals surface area (Å²) in [4.78, 5) is 20.2. The molecule has 1 atom stereocenters. The summed E-state index contributed by atoms with van der Waals surface area (Å²) in [7, 11) is -4.18. The average molecular weight is 569 g/mol. The van der Waals surface area contributed by atoms with Crippen molar-refractivity contribution in [1.82, 2.24) is 9.71 Å². The second-order valence-corrected chi connectivity index (χ2v) is 12.8. The molecule has 10 heteroatoms. The maximum Gasteiger partial charge on any atom is 0.268 e.